The fraction of sp³-hybridized carbons (Fsp3) is 0.429. The maximum atomic E-state index is 12.4. The molecule has 27 heavy (non-hydrogen) atoms. The summed E-state index contributed by atoms with van der Waals surface area (Å²) >= 11 is 0. The smallest absolute Gasteiger partial charge is 0.237 e. The van der Waals surface area contributed by atoms with Crippen molar-refractivity contribution in [1.82, 2.24) is 15.2 Å². The van der Waals surface area contributed by atoms with Crippen molar-refractivity contribution < 1.29 is 9.53 Å². The molecule has 6 nitrogen and oxygen atoms in total. The summed E-state index contributed by atoms with van der Waals surface area (Å²) in [5.74, 6) is 1.89. The fourth-order valence-corrected chi connectivity index (χ4v) is 3.24. The number of aryl methyl sites for hydroxylation is 1. The monoisotopic (exact) mass is 368 g/mol. The minimum absolute atomic E-state index is 0.0501. The number of ether oxygens (including phenoxy) is 1. The van der Waals surface area contributed by atoms with E-state index in [0.717, 1.165) is 43.3 Å². The Kier molecular flexibility index (Phi) is 6.65. The molecule has 3 rings (SSSR count). The van der Waals surface area contributed by atoms with Gasteiger partial charge in [0.1, 0.15) is 18.2 Å². The van der Waals surface area contributed by atoms with Gasteiger partial charge in [0.2, 0.25) is 5.91 Å². The van der Waals surface area contributed by atoms with E-state index in [9.17, 15) is 4.79 Å². The Balaban J connectivity index is 1.38. The molecule has 1 atom stereocenters. The number of rotatable bonds is 7. The van der Waals surface area contributed by atoms with E-state index in [4.69, 9.17) is 4.74 Å². The standard InChI is InChI=1S/C21H28N4O2/c1-17-6-5-7-19(16-17)27-15-10-23-21(26)18(2)24-11-13-25(14-12-24)20-8-3-4-9-22-20/h3-9,16,18H,10-15H2,1-2H3,(H,23,26). The van der Waals surface area contributed by atoms with Crippen LogP contribution in [0.25, 0.3) is 0 Å². The molecule has 0 spiro atoms. The van der Waals surface area contributed by atoms with Gasteiger partial charge in [-0.15, -0.1) is 0 Å². The van der Waals surface area contributed by atoms with Gasteiger partial charge in [0.25, 0.3) is 0 Å². The Bertz CT molecular complexity index is 730. The number of nitrogens with zero attached hydrogens (tertiary/aromatic N) is 3. The molecule has 1 saturated heterocycles. The van der Waals surface area contributed by atoms with Crippen LogP contribution in [0, 0.1) is 6.92 Å². The first-order valence-corrected chi connectivity index (χ1v) is 9.51. The van der Waals surface area contributed by atoms with Crippen molar-refractivity contribution in [2.75, 3.05) is 44.2 Å². The lowest BCUT2D eigenvalue weighted by Gasteiger charge is -2.37. The van der Waals surface area contributed by atoms with E-state index in [-0.39, 0.29) is 11.9 Å². The molecule has 0 aliphatic carbocycles. The van der Waals surface area contributed by atoms with Crippen LogP contribution in [0.1, 0.15) is 12.5 Å². The van der Waals surface area contributed by atoms with E-state index in [1.54, 1.807) is 0 Å². The van der Waals surface area contributed by atoms with Crippen molar-refractivity contribution in [2.45, 2.75) is 19.9 Å². The zero-order valence-corrected chi connectivity index (χ0v) is 16.1. The van der Waals surface area contributed by atoms with E-state index in [2.05, 4.69) is 20.1 Å². The second kappa shape index (κ2) is 9.37. The molecule has 1 N–H and O–H groups in total. The van der Waals surface area contributed by atoms with Gasteiger partial charge in [-0.1, -0.05) is 18.2 Å². The first kappa shape index (κ1) is 19.2. The van der Waals surface area contributed by atoms with Crippen LogP contribution in [0.4, 0.5) is 5.82 Å². The van der Waals surface area contributed by atoms with Crippen LogP contribution in [0.5, 0.6) is 5.75 Å². The van der Waals surface area contributed by atoms with Crippen LogP contribution < -0.4 is 15.0 Å². The highest BCUT2D eigenvalue weighted by molar-refractivity contribution is 5.81. The van der Waals surface area contributed by atoms with Gasteiger partial charge < -0.3 is 15.0 Å². The molecule has 144 valence electrons. The third kappa shape index (κ3) is 5.44. The van der Waals surface area contributed by atoms with Crippen molar-refractivity contribution in [3.8, 4) is 5.75 Å². The maximum absolute atomic E-state index is 12.4. The van der Waals surface area contributed by atoms with Gasteiger partial charge in [0.05, 0.1) is 12.6 Å². The van der Waals surface area contributed by atoms with E-state index >= 15 is 0 Å². The van der Waals surface area contributed by atoms with Gasteiger partial charge in [0, 0.05) is 32.4 Å². The molecule has 1 aromatic carbocycles. The van der Waals surface area contributed by atoms with E-state index in [1.807, 2.05) is 62.5 Å². The highest BCUT2D eigenvalue weighted by Gasteiger charge is 2.25. The van der Waals surface area contributed by atoms with Crippen LogP contribution in [-0.2, 0) is 4.79 Å². The van der Waals surface area contributed by atoms with Crippen LogP contribution in [0.2, 0.25) is 0 Å². The molecule has 6 heteroatoms. The average molecular weight is 368 g/mol. The lowest BCUT2D eigenvalue weighted by Crippen LogP contribution is -2.54. The lowest BCUT2D eigenvalue weighted by atomic mass is 10.2. The number of amides is 1. The molecule has 1 aromatic heterocycles. The number of carbonyl (C=O) groups excluding carboxylic acids is 1. The summed E-state index contributed by atoms with van der Waals surface area (Å²) in [6.45, 7) is 8.43. The molecule has 0 saturated carbocycles. The van der Waals surface area contributed by atoms with Crippen molar-refractivity contribution in [1.29, 1.82) is 0 Å². The number of benzene rings is 1. The van der Waals surface area contributed by atoms with Crippen molar-refractivity contribution >= 4 is 11.7 Å². The molecule has 2 aromatic rings. The van der Waals surface area contributed by atoms with Gasteiger partial charge in [0.15, 0.2) is 0 Å². The molecule has 1 fully saturated rings. The highest BCUT2D eigenvalue weighted by Crippen LogP contribution is 2.14. The minimum Gasteiger partial charge on any atom is -0.492 e. The number of hydrogen-bond donors (Lipinski definition) is 1. The van der Waals surface area contributed by atoms with E-state index in [0.29, 0.717) is 13.2 Å². The molecule has 2 heterocycles. The maximum Gasteiger partial charge on any atom is 0.237 e. The van der Waals surface area contributed by atoms with E-state index in [1.165, 1.54) is 0 Å². The van der Waals surface area contributed by atoms with Crippen molar-refractivity contribution in [3.63, 3.8) is 0 Å². The SMILES string of the molecule is Cc1cccc(OCCNC(=O)C(C)N2CCN(c3ccccn3)CC2)c1. The summed E-state index contributed by atoms with van der Waals surface area (Å²) in [4.78, 5) is 21.3. The number of hydrogen-bond acceptors (Lipinski definition) is 5. The summed E-state index contributed by atoms with van der Waals surface area (Å²) < 4.78 is 5.68. The molecule has 1 aliphatic heterocycles. The summed E-state index contributed by atoms with van der Waals surface area (Å²) in [5.41, 5.74) is 1.16. The Morgan fingerprint density at radius 1 is 1.19 bits per heavy atom. The average Bonchev–Trinajstić information content (AvgIpc) is 2.71. The van der Waals surface area contributed by atoms with Crippen molar-refractivity contribution in [2.24, 2.45) is 0 Å². The summed E-state index contributed by atoms with van der Waals surface area (Å²) in [6.07, 6.45) is 1.82. The summed E-state index contributed by atoms with van der Waals surface area (Å²) in [6, 6.07) is 13.7. The van der Waals surface area contributed by atoms with Gasteiger partial charge in [-0.05, 0) is 43.7 Å². The van der Waals surface area contributed by atoms with Crippen LogP contribution in [0.15, 0.2) is 48.7 Å². The number of anilines is 1. The Labute approximate surface area is 161 Å². The first-order chi connectivity index (χ1) is 13.1. The number of carbonyl (C=O) groups is 1. The van der Waals surface area contributed by atoms with Crippen LogP contribution in [0.3, 0.4) is 0 Å². The third-order valence-electron chi connectivity index (χ3n) is 4.87. The molecule has 0 bridgehead atoms. The number of aromatic nitrogens is 1. The Hall–Kier alpha value is -2.60. The fourth-order valence-electron chi connectivity index (χ4n) is 3.24. The first-order valence-electron chi connectivity index (χ1n) is 9.51. The minimum atomic E-state index is -0.144. The quantitative estimate of drug-likeness (QED) is 0.759. The zero-order valence-electron chi connectivity index (χ0n) is 16.1. The lowest BCUT2D eigenvalue weighted by molar-refractivity contribution is -0.126. The zero-order chi connectivity index (χ0) is 19.1. The Morgan fingerprint density at radius 2 is 2.00 bits per heavy atom. The topological polar surface area (TPSA) is 57.7 Å². The second-order valence-corrected chi connectivity index (χ2v) is 6.84. The number of pyridine rings is 1. The predicted octanol–water partition coefficient (Wildman–Crippen LogP) is 2.10. The largest absolute Gasteiger partial charge is 0.492 e. The normalized spacial score (nSPS) is 16.0. The van der Waals surface area contributed by atoms with E-state index < -0.39 is 0 Å². The second-order valence-electron chi connectivity index (χ2n) is 6.84. The molecule has 1 unspecified atom stereocenters. The summed E-state index contributed by atoms with van der Waals surface area (Å²) in [7, 11) is 0. The molecule has 1 aliphatic rings. The van der Waals surface area contributed by atoms with Crippen LogP contribution in [-0.4, -0.2) is 61.2 Å². The number of nitrogens with one attached hydrogen (secondary N) is 1. The van der Waals surface area contributed by atoms with Gasteiger partial charge in [-0.3, -0.25) is 9.69 Å². The predicted molar refractivity (Wildman–Crippen MR) is 107 cm³/mol. The highest BCUT2D eigenvalue weighted by atomic mass is 16.5. The molecule has 0 radical (unpaired) electrons. The molecule has 1 amide bonds. The Morgan fingerprint density at radius 3 is 2.70 bits per heavy atom. The molecular formula is C21H28N4O2. The third-order valence-corrected chi connectivity index (χ3v) is 4.87. The molecular weight excluding hydrogens is 340 g/mol. The van der Waals surface area contributed by atoms with Gasteiger partial charge in [-0.2, -0.15) is 0 Å². The van der Waals surface area contributed by atoms with Crippen LogP contribution >= 0.6 is 0 Å². The number of piperazine rings is 1. The van der Waals surface area contributed by atoms with Crippen molar-refractivity contribution in [3.05, 3.63) is 54.2 Å². The van der Waals surface area contributed by atoms with Gasteiger partial charge >= 0.3 is 0 Å². The summed E-state index contributed by atoms with van der Waals surface area (Å²) in [5, 5.41) is 2.98. The van der Waals surface area contributed by atoms with Gasteiger partial charge in [-0.25, -0.2) is 4.98 Å².